The second-order valence-electron chi connectivity index (χ2n) is 6.31. The largest absolute Gasteiger partial charge is 0.495 e. The summed E-state index contributed by atoms with van der Waals surface area (Å²) in [5, 5.41) is 0.849. The van der Waals surface area contributed by atoms with Crippen molar-refractivity contribution in [1.29, 1.82) is 0 Å². The van der Waals surface area contributed by atoms with Gasteiger partial charge in [-0.1, -0.05) is 30.5 Å². The zero-order valence-corrected chi connectivity index (χ0v) is 13.1. The Morgan fingerprint density at radius 1 is 1.20 bits per heavy atom. The third kappa shape index (κ3) is 2.14. The van der Waals surface area contributed by atoms with Crippen LogP contribution in [0.5, 0.6) is 5.75 Å². The minimum Gasteiger partial charge on any atom is -0.495 e. The molecule has 2 aliphatic rings. The maximum atomic E-state index is 6.68. The van der Waals surface area contributed by atoms with Gasteiger partial charge in [-0.05, 0) is 49.7 Å². The average molecular weight is 294 g/mol. The van der Waals surface area contributed by atoms with Crippen LogP contribution in [0.15, 0.2) is 6.07 Å². The van der Waals surface area contributed by atoms with E-state index in [0.29, 0.717) is 6.54 Å². The Balaban J connectivity index is 2.14. The number of fused-ring (bicyclic) bond motifs is 1. The third-order valence-corrected chi connectivity index (χ3v) is 5.66. The molecule has 0 spiro atoms. The van der Waals surface area contributed by atoms with E-state index in [2.05, 4.69) is 6.07 Å². The molecule has 1 fully saturated rings. The van der Waals surface area contributed by atoms with Crippen molar-refractivity contribution in [3.8, 4) is 5.75 Å². The second kappa shape index (κ2) is 5.57. The summed E-state index contributed by atoms with van der Waals surface area (Å²) in [7, 11) is 1.73. The zero-order chi connectivity index (χ0) is 14.2. The van der Waals surface area contributed by atoms with Gasteiger partial charge < -0.3 is 10.5 Å². The monoisotopic (exact) mass is 293 g/mol. The predicted molar refractivity (Wildman–Crippen MR) is 83.8 cm³/mol. The normalized spacial score (nSPS) is 20.8. The molecule has 2 N–H and O–H groups in total. The number of hydrogen-bond donors (Lipinski definition) is 1. The molecule has 0 saturated heterocycles. The van der Waals surface area contributed by atoms with Gasteiger partial charge in [0, 0.05) is 17.5 Å². The lowest BCUT2D eigenvalue weighted by Gasteiger charge is -2.42. The highest BCUT2D eigenvalue weighted by molar-refractivity contribution is 6.33. The molecule has 0 bridgehead atoms. The van der Waals surface area contributed by atoms with Crippen molar-refractivity contribution in [1.82, 2.24) is 0 Å². The molecule has 3 rings (SSSR count). The molecular weight excluding hydrogens is 270 g/mol. The van der Waals surface area contributed by atoms with Crippen molar-refractivity contribution in [2.24, 2.45) is 5.73 Å². The van der Waals surface area contributed by atoms with Gasteiger partial charge in [-0.15, -0.1) is 0 Å². The molecule has 1 saturated carbocycles. The second-order valence-corrected chi connectivity index (χ2v) is 6.69. The van der Waals surface area contributed by atoms with Crippen molar-refractivity contribution < 1.29 is 4.74 Å². The van der Waals surface area contributed by atoms with Crippen LogP contribution in [0.25, 0.3) is 0 Å². The van der Waals surface area contributed by atoms with E-state index in [4.69, 9.17) is 22.1 Å². The lowest BCUT2D eigenvalue weighted by molar-refractivity contribution is 0.243. The first kappa shape index (κ1) is 14.2. The Labute approximate surface area is 126 Å². The number of rotatable bonds is 3. The molecule has 110 valence electrons. The summed E-state index contributed by atoms with van der Waals surface area (Å²) >= 11 is 6.68. The molecule has 1 aromatic rings. The number of methoxy groups -OCH3 is 1. The molecule has 0 aromatic heterocycles. The molecule has 0 radical (unpaired) electrons. The van der Waals surface area contributed by atoms with Crippen LogP contribution in [0.2, 0.25) is 5.02 Å². The fourth-order valence-electron chi connectivity index (χ4n) is 3.79. The lowest BCUT2D eigenvalue weighted by Crippen LogP contribution is -2.42. The van der Waals surface area contributed by atoms with E-state index in [1.807, 2.05) is 0 Å². The van der Waals surface area contributed by atoms with Gasteiger partial charge in [0.2, 0.25) is 0 Å². The van der Waals surface area contributed by atoms with Crippen molar-refractivity contribution in [3.05, 3.63) is 27.8 Å². The average Bonchev–Trinajstić information content (AvgIpc) is 2.64. The summed E-state index contributed by atoms with van der Waals surface area (Å²) in [6.07, 6.45) is 9.61. The molecule has 0 heterocycles. The summed E-state index contributed by atoms with van der Waals surface area (Å²) in [6.45, 7) is 0.693. The van der Waals surface area contributed by atoms with E-state index in [-0.39, 0.29) is 5.41 Å². The van der Waals surface area contributed by atoms with Gasteiger partial charge in [0.05, 0.1) is 12.1 Å². The van der Waals surface area contributed by atoms with E-state index in [9.17, 15) is 0 Å². The van der Waals surface area contributed by atoms with Gasteiger partial charge in [0.15, 0.2) is 0 Å². The lowest BCUT2D eigenvalue weighted by atomic mass is 9.63. The maximum absolute atomic E-state index is 6.68. The number of ether oxygens (including phenoxy) is 1. The van der Waals surface area contributed by atoms with E-state index in [1.165, 1.54) is 42.4 Å². The fraction of sp³-hybridized carbons (Fsp3) is 0.647. The molecule has 0 amide bonds. The summed E-state index contributed by atoms with van der Waals surface area (Å²) in [6, 6.07) is 2.36. The number of aryl methyl sites for hydroxylation is 1. The van der Waals surface area contributed by atoms with Gasteiger partial charge >= 0.3 is 0 Å². The first-order valence-electron chi connectivity index (χ1n) is 7.80. The molecule has 2 nitrogen and oxygen atoms in total. The summed E-state index contributed by atoms with van der Waals surface area (Å²) in [4.78, 5) is 0. The third-order valence-electron chi connectivity index (χ3n) is 5.26. The van der Waals surface area contributed by atoms with E-state index >= 15 is 0 Å². The SMILES string of the molecule is COc1c(C2(CN)CCC2)cc2c(c1Cl)CCCCC2. The van der Waals surface area contributed by atoms with Gasteiger partial charge in [0.25, 0.3) is 0 Å². The summed E-state index contributed by atoms with van der Waals surface area (Å²) < 4.78 is 5.68. The quantitative estimate of drug-likeness (QED) is 0.855. The van der Waals surface area contributed by atoms with Crippen molar-refractivity contribution in [2.45, 2.75) is 56.8 Å². The highest BCUT2D eigenvalue weighted by Crippen LogP contribution is 2.50. The number of nitrogens with two attached hydrogens (primary N) is 1. The Hall–Kier alpha value is -0.730. The van der Waals surface area contributed by atoms with Crippen LogP contribution < -0.4 is 10.5 Å². The zero-order valence-electron chi connectivity index (χ0n) is 12.3. The van der Waals surface area contributed by atoms with E-state index < -0.39 is 0 Å². The van der Waals surface area contributed by atoms with Crippen LogP contribution in [0.1, 0.15) is 55.2 Å². The predicted octanol–water partition coefficient (Wildman–Crippen LogP) is 4.00. The summed E-state index contributed by atoms with van der Waals surface area (Å²) in [5.41, 5.74) is 10.2. The van der Waals surface area contributed by atoms with Crippen molar-refractivity contribution in [2.75, 3.05) is 13.7 Å². The van der Waals surface area contributed by atoms with Crippen LogP contribution >= 0.6 is 11.6 Å². The van der Waals surface area contributed by atoms with Gasteiger partial charge in [0.1, 0.15) is 5.75 Å². The summed E-state index contributed by atoms with van der Waals surface area (Å²) in [5.74, 6) is 0.887. The minimum atomic E-state index is 0.107. The Morgan fingerprint density at radius 3 is 2.55 bits per heavy atom. The first-order chi connectivity index (χ1) is 9.72. The molecule has 2 aliphatic carbocycles. The topological polar surface area (TPSA) is 35.2 Å². The van der Waals surface area contributed by atoms with Crippen molar-refractivity contribution >= 4 is 11.6 Å². The van der Waals surface area contributed by atoms with Crippen LogP contribution in [-0.2, 0) is 18.3 Å². The molecule has 3 heteroatoms. The van der Waals surface area contributed by atoms with Crippen LogP contribution in [0.3, 0.4) is 0 Å². The van der Waals surface area contributed by atoms with E-state index in [1.54, 1.807) is 7.11 Å². The number of hydrogen-bond acceptors (Lipinski definition) is 2. The number of benzene rings is 1. The molecular formula is C17H24ClNO. The smallest absolute Gasteiger partial charge is 0.141 e. The fourth-order valence-corrected chi connectivity index (χ4v) is 4.19. The highest BCUT2D eigenvalue weighted by Gasteiger charge is 2.40. The Kier molecular flexibility index (Phi) is 3.96. The molecule has 0 atom stereocenters. The van der Waals surface area contributed by atoms with E-state index in [0.717, 1.165) is 36.5 Å². The first-order valence-corrected chi connectivity index (χ1v) is 8.18. The van der Waals surface area contributed by atoms with Gasteiger partial charge in [-0.25, -0.2) is 0 Å². The van der Waals surface area contributed by atoms with Gasteiger partial charge in [-0.2, -0.15) is 0 Å². The Bertz CT molecular complexity index is 503. The van der Waals surface area contributed by atoms with Crippen LogP contribution in [0, 0.1) is 0 Å². The van der Waals surface area contributed by atoms with Crippen LogP contribution in [-0.4, -0.2) is 13.7 Å². The Morgan fingerprint density at radius 2 is 1.95 bits per heavy atom. The standard InChI is InChI=1S/C17H24ClNO/c1-20-16-14(17(11-19)8-5-9-17)10-12-6-3-2-4-7-13(12)15(16)18/h10H,2-9,11,19H2,1H3. The molecule has 0 aliphatic heterocycles. The van der Waals surface area contributed by atoms with Gasteiger partial charge in [-0.3, -0.25) is 0 Å². The maximum Gasteiger partial charge on any atom is 0.141 e. The van der Waals surface area contributed by atoms with Crippen molar-refractivity contribution in [3.63, 3.8) is 0 Å². The van der Waals surface area contributed by atoms with Crippen LogP contribution in [0.4, 0.5) is 0 Å². The number of halogens is 1. The molecule has 1 aromatic carbocycles. The molecule has 20 heavy (non-hydrogen) atoms. The minimum absolute atomic E-state index is 0.107. The highest BCUT2D eigenvalue weighted by atomic mass is 35.5. The molecule has 0 unspecified atom stereocenters.